The Hall–Kier alpha value is -4.40. The highest BCUT2D eigenvalue weighted by atomic mass is 16.7. The predicted molar refractivity (Wildman–Crippen MR) is 171 cm³/mol. The fourth-order valence-electron chi connectivity index (χ4n) is 7.33. The summed E-state index contributed by atoms with van der Waals surface area (Å²) < 4.78 is 37.1. The lowest BCUT2D eigenvalue weighted by Crippen LogP contribution is -2.34. The molecule has 1 unspecified atom stereocenters. The molecular weight excluding hydrogens is 568 g/mol. The van der Waals surface area contributed by atoms with Crippen LogP contribution in [0, 0.1) is 0 Å². The molecule has 0 N–H and O–H groups in total. The maximum atomic E-state index is 7.00. The molecular formula is C37H38N2O6. The maximum Gasteiger partial charge on any atom is 0.231 e. The van der Waals surface area contributed by atoms with Crippen LogP contribution in [0.5, 0.6) is 46.0 Å². The first-order valence-corrected chi connectivity index (χ1v) is 15.7. The molecule has 4 aromatic rings. The van der Waals surface area contributed by atoms with Crippen molar-refractivity contribution >= 4 is 0 Å². The fourth-order valence-corrected chi connectivity index (χ4v) is 7.33. The van der Waals surface area contributed by atoms with E-state index < -0.39 is 0 Å². The Bertz CT molecular complexity index is 1770. The van der Waals surface area contributed by atoms with Crippen molar-refractivity contribution in [1.29, 1.82) is 0 Å². The average molecular weight is 607 g/mol. The second kappa shape index (κ2) is 11.2. The Balaban J connectivity index is 1.34. The van der Waals surface area contributed by atoms with Crippen molar-refractivity contribution in [1.82, 2.24) is 9.80 Å². The second-order valence-corrected chi connectivity index (χ2v) is 12.4. The van der Waals surface area contributed by atoms with Gasteiger partial charge in [0.2, 0.25) is 12.5 Å². The summed E-state index contributed by atoms with van der Waals surface area (Å²) in [5.74, 6) is 5.71. The van der Waals surface area contributed by atoms with Gasteiger partial charge in [0.15, 0.2) is 34.5 Å². The Kier molecular flexibility index (Phi) is 6.99. The summed E-state index contributed by atoms with van der Waals surface area (Å²) in [6, 6.07) is 21.3. The minimum atomic E-state index is 0.0724. The number of likely N-dealkylation sites (N-methyl/N-ethyl adjacent to an activating group) is 2. The molecule has 4 aromatic carbocycles. The van der Waals surface area contributed by atoms with Crippen LogP contribution in [-0.2, 0) is 25.7 Å². The molecule has 0 aliphatic carbocycles. The number of rotatable bonds is 2. The van der Waals surface area contributed by atoms with Gasteiger partial charge < -0.3 is 28.4 Å². The molecule has 2 atom stereocenters. The highest BCUT2D eigenvalue weighted by Crippen LogP contribution is 2.53. The number of methoxy groups -OCH3 is 2. The molecule has 5 aliphatic rings. The van der Waals surface area contributed by atoms with Gasteiger partial charge >= 0.3 is 0 Å². The van der Waals surface area contributed by atoms with Crippen LogP contribution in [0.15, 0.2) is 60.7 Å². The summed E-state index contributed by atoms with van der Waals surface area (Å²) in [5, 5.41) is 0. The number of benzene rings is 4. The van der Waals surface area contributed by atoms with Crippen LogP contribution >= 0.6 is 0 Å². The lowest BCUT2D eigenvalue weighted by atomic mass is 9.87. The third-order valence-corrected chi connectivity index (χ3v) is 9.84. The zero-order valence-corrected chi connectivity index (χ0v) is 26.2. The van der Waals surface area contributed by atoms with E-state index in [0.29, 0.717) is 28.7 Å². The Labute approximate surface area is 264 Å². The van der Waals surface area contributed by atoms with E-state index in [1.165, 1.54) is 22.3 Å². The van der Waals surface area contributed by atoms with Gasteiger partial charge in [-0.25, -0.2) is 0 Å². The quantitative estimate of drug-likeness (QED) is 0.245. The van der Waals surface area contributed by atoms with Crippen LogP contribution in [-0.4, -0.2) is 58.0 Å². The zero-order chi connectivity index (χ0) is 30.7. The molecule has 8 heteroatoms. The van der Waals surface area contributed by atoms with Gasteiger partial charge in [0.1, 0.15) is 5.75 Å². The van der Waals surface area contributed by atoms with E-state index in [0.717, 1.165) is 67.1 Å². The number of nitrogens with zero attached hydrogens (tertiary/aromatic N) is 2. The van der Waals surface area contributed by atoms with Gasteiger partial charge in [-0.3, -0.25) is 9.80 Å². The van der Waals surface area contributed by atoms with Gasteiger partial charge in [0.05, 0.1) is 14.2 Å². The van der Waals surface area contributed by atoms with Crippen LogP contribution in [0.1, 0.15) is 45.5 Å². The highest BCUT2D eigenvalue weighted by molar-refractivity contribution is 5.64. The summed E-state index contributed by atoms with van der Waals surface area (Å²) in [6.45, 7) is 2.06. The molecule has 8 nitrogen and oxygen atoms in total. The van der Waals surface area contributed by atoms with E-state index in [1.54, 1.807) is 14.2 Å². The molecule has 0 amide bonds. The maximum absolute atomic E-state index is 7.00. The zero-order valence-electron chi connectivity index (χ0n) is 26.2. The first-order valence-electron chi connectivity index (χ1n) is 15.7. The van der Waals surface area contributed by atoms with Crippen molar-refractivity contribution in [3.8, 4) is 46.0 Å². The van der Waals surface area contributed by atoms with Crippen LogP contribution in [0.3, 0.4) is 0 Å². The Morgan fingerprint density at radius 2 is 1.36 bits per heavy atom. The SMILES string of the molecule is COc1ccc2cc1Oc1ccc(cc1)CC1c3c(cc4c(c3Oc3cc5c(cc3OC)CCN(C)[C@@H]5C2)OCO4)CCN1C. The number of hydrogen-bond donors (Lipinski definition) is 0. The van der Waals surface area contributed by atoms with E-state index in [4.69, 9.17) is 28.4 Å². The van der Waals surface area contributed by atoms with Crippen molar-refractivity contribution < 1.29 is 28.4 Å². The molecule has 0 spiro atoms. The van der Waals surface area contributed by atoms with E-state index in [9.17, 15) is 0 Å². The number of fused-ring (bicyclic) bond motifs is 3. The minimum absolute atomic E-state index is 0.0724. The molecule has 0 saturated carbocycles. The monoisotopic (exact) mass is 606 g/mol. The largest absolute Gasteiger partial charge is 0.493 e. The number of ether oxygens (including phenoxy) is 6. The van der Waals surface area contributed by atoms with E-state index in [2.05, 4.69) is 66.4 Å². The van der Waals surface area contributed by atoms with E-state index in [1.807, 2.05) is 18.2 Å². The summed E-state index contributed by atoms with van der Waals surface area (Å²) >= 11 is 0. The first kappa shape index (κ1) is 28.1. The molecule has 232 valence electrons. The lowest BCUT2D eigenvalue weighted by molar-refractivity contribution is 0.171. The van der Waals surface area contributed by atoms with Crippen LogP contribution in [0.25, 0.3) is 0 Å². The van der Waals surface area contributed by atoms with Gasteiger partial charge in [-0.1, -0.05) is 18.2 Å². The van der Waals surface area contributed by atoms with Gasteiger partial charge in [0.25, 0.3) is 0 Å². The average Bonchev–Trinajstić information content (AvgIpc) is 3.53. The van der Waals surface area contributed by atoms with Crippen molar-refractivity contribution in [2.75, 3.05) is 48.2 Å². The molecule has 5 heterocycles. The topological polar surface area (TPSA) is 61.9 Å². The fraction of sp³-hybridized carbons (Fsp3) is 0.351. The molecule has 5 aliphatic heterocycles. The second-order valence-electron chi connectivity index (χ2n) is 12.4. The standard InChI is InChI=1S/C37H38N2O6/c1-38-13-11-24-18-31(41-4)33-20-27(24)28(38)16-23-7-10-30(40-3)32(17-23)44-26-8-5-22(6-9-26)15-29-35-25(12-14-39(29)2)19-34-36(37(35)45-33)43-21-42-34/h5-10,17-20,28-29H,11-16,21H2,1-4H3/t28-,29?/m1/s1. The lowest BCUT2D eigenvalue weighted by Gasteiger charge is -2.37. The molecule has 0 radical (unpaired) electrons. The normalized spacial score (nSPS) is 20.4. The number of hydrogen-bond acceptors (Lipinski definition) is 8. The third-order valence-electron chi connectivity index (χ3n) is 9.84. The predicted octanol–water partition coefficient (Wildman–Crippen LogP) is 6.87. The van der Waals surface area contributed by atoms with Crippen LogP contribution in [0.2, 0.25) is 0 Å². The molecule has 9 rings (SSSR count). The summed E-state index contributed by atoms with van der Waals surface area (Å²) in [4.78, 5) is 4.83. The van der Waals surface area contributed by atoms with Crippen molar-refractivity contribution in [2.45, 2.75) is 37.8 Å². The molecule has 45 heavy (non-hydrogen) atoms. The van der Waals surface area contributed by atoms with Crippen molar-refractivity contribution in [2.24, 2.45) is 0 Å². The Morgan fingerprint density at radius 1 is 0.644 bits per heavy atom. The van der Waals surface area contributed by atoms with E-state index in [-0.39, 0.29) is 18.9 Å². The first-order chi connectivity index (χ1) is 22.0. The van der Waals surface area contributed by atoms with Gasteiger partial charge in [0, 0.05) is 30.7 Å². The molecule has 0 fully saturated rings. The molecule has 0 saturated heterocycles. The van der Waals surface area contributed by atoms with Crippen molar-refractivity contribution in [3.63, 3.8) is 0 Å². The summed E-state index contributed by atoms with van der Waals surface area (Å²) in [7, 11) is 7.77. The summed E-state index contributed by atoms with van der Waals surface area (Å²) in [6.07, 6.45) is 3.43. The molecule has 6 bridgehead atoms. The highest BCUT2D eigenvalue weighted by Gasteiger charge is 2.36. The van der Waals surface area contributed by atoms with Gasteiger partial charge in [-0.15, -0.1) is 0 Å². The smallest absolute Gasteiger partial charge is 0.231 e. The van der Waals surface area contributed by atoms with E-state index >= 15 is 0 Å². The molecule has 0 aromatic heterocycles. The third kappa shape index (κ3) is 4.93. The van der Waals surface area contributed by atoms with Crippen LogP contribution < -0.4 is 28.4 Å². The van der Waals surface area contributed by atoms with Gasteiger partial charge in [-0.2, -0.15) is 0 Å². The minimum Gasteiger partial charge on any atom is -0.493 e. The van der Waals surface area contributed by atoms with Crippen molar-refractivity contribution in [3.05, 3.63) is 94.0 Å². The van der Waals surface area contributed by atoms with Gasteiger partial charge in [-0.05, 0) is 110 Å². The Morgan fingerprint density at radius 3 is 2.16 bits per heavy atom. The van der Waals surface area contributed by atoms with Crippen LogP contribution in [0.4, 0.5) is 0 Å². The summed E-state index contributed by atoms with van der Waals surface area (Å²) in [5.41, 5.74) is 7.25.